The number of carbonyl (C=O) groups is 1. The standard InChI is InChI=1S/C15H20N2O2/c18-12-4-3-7-17(10-12)15(19)8-11-9-16-14-6-2-1-5-13(11)14/h1-2,5-6,11-12,16,18H,3-4,7-10H2. The molecule has 0 bridgehead atoms. The topological polar surface area (TPSA) is 52.6 Å². The molecule has 1 saturated heterocycles. The first-order valence-electron chi connectivity index (χ1n) is 7.02. The smallest absolute Gasteiger partial charge is 0.223 e. The summed E-state index contributed by atoms with van der Waals surface area (Å²) in [5.74, 6) is 0.435. The third kappa shape index (κ3) is 2.59. The van der Waals surface area contributed by atoms with Crippen LogP contribution >= 0.6 is 0 Å². The third-order valence-corrected chi connectivity index (χ3v) is 4.11. The molecule has 1 fully saturated rings. The number of likely N-dealkylation sites (tertiary alicyclic amines) is 1. The Hall–Kier alpha value is -1.55. The number of fused-ring (bicyclic) bond motifs is 1. The normalized spacial score (nSPS) is 25.8. The lowest BCUT2D eigenvalue weighted by molar-refractivity contribution is -0.134. The number of β-amino-alcohol motifs (C(OH)–C–C–N with tert-alkyl or cyclic N) is 1. The van der Waals surface area contributed by atoms with Crippen molar-refractivity contribution in [2.75, 3.05) is 25.0 Å². The minimum atomic E-state index is -0.341. The molecule has 0 aliphatic carbocycles. The van der Waals surface area contributed by atoms with Gasteiger partial charge < -0.3 is 15.3 Å². The van der Waals surface area contributed by atoms with Gasteiger partial charge in [0.15, 0.2) is 0 Å². The van der Waals surface area contributed by atoms with Crippen LogP contribution < -0.4 is 5.32 Å². The first-order valence-corrected chi connectivity index (χ1v) is 7.02. The van der Waals surface area contributed by atoms with Crippen molar-refractivity contribution in [2.45, 2.75) is 31.3 Å². The Kier molecular flexibility index (Phi) is 3.42. The molecule has 102 valence electrons. The molecule has 3 rings (SSSR count). The molecule has 1 amide bonds. The highest BCUT2D eigenvalue weighted by molar-refractivity contribution is 5.78. The predicted octanol–water partition coefficient (Wildman–Crippen LogP) is 1.57. The van der Waals surface area contributed by atoms with Crippen LogP contribution in [-0.2, 0) is 4.79 Å². The lowest BCUT2D eigenvalue weighted by Crippen LogP contribution is -2.42. The van der Waals surface area contributed by atoms with Gasteiger partial charge in [-0.15, -0.1) is 0 Å². The zero-order valence-electron chi connectivity index (χ0n) is 11.0. The number of anilines is 1. The van der Waals surface area contributed by atoms with E-state index in [2.05, 4.69) is 17.4 Å². The van der Waals surface area contributed by atoms with Crippen molar-refractivity contribution in [1.29, 1.82) is 0 Å². The van der Waals surface area contributed by atoms with Gasteiger partial charge in [-0.25, -0.2) is 0 Å². The van der Waals surface area contributed by atoms with Crippen molar-refractivity contribution in [3.05, 3.63) is 29.8 Å². The first kappa shape index (κ1) is 12.5. The van der Waals surface area contributed by atoms with Gasteiger partial charge in [0.25, 0.3) is 0 Å². The Morgan fingerprint density at radius 1 is 1.42 bits per heavy atom. The fraction of sp³-hybridized carbons (Fsp3) is 0.533. The van der Waals surface area contributed by atoms with E-state index in [0.29, 0.717) is 13.0 Å². The van der Waals surface area contributed by atoms with E-state index in [0.717, 1.165) is 31.6 Å². The van der Waals surface area contributed by atoms with Crippen LogP contribution in [0.4, 0.5) is 5.69 Å². The Bertz CT molecular complexity index is 475. The van der Waals surface area contributed by atoms with Crippen LogP contribution in [0.5, 0.6) is 0 Å². The number of piperidine rings is 1. The summed E-state index contributed by atoms with van der Waals surface area (Å²) in [7, 11) is 0. The largest absolute Gasteiger partial charge is 0.391 e. The molecular formula is C15H20N2O2. The summed E-state index contributed by atoms with van der Waals surface area (Å²) in [5.41, 5.74) is 2.40. The number of nitrogens with one attached hydrogen (secondary N) is 1. The molecule has 2 atom stereocenters. The maximum atomic E-state index is 12.3. The number of benzene rings is 1. The molecule has 2 N–H and O–H groups in total. The van der Waals surface area contributed by atoms with Crippen LogP contribution in [0.25, 0.3) is 0 Å². The van der Waals surface area contributed by atoms with E-state index in [1.807, 2.05) is 17.0 Å². The lowest BCUT2D eigenvalue weighted by atomic mass is 9.96. The van der Waals surface area contributed by atoms with Gasteiger partial charge >= 0.3 is 0 Å². The molecule has 2 unspecified atom stereocenters. The Balaban J connectivity index is 1.64. The molecule has 19 heavy (non-hydrogen) atoms. The Labute approximate surface area is 113 Å². The Morgan fingerprint density at radius 3 is 3.11 bits per heavy atom. The minimum Gasteiger partial charge on any atom is -0.391 e. The average molecular weight is 260 g/mol. The fourth-order valence-corrected chi connectivity index (χ4v) is 3.06. The molecule has 4 heteroatoms. The monoisotopic (exact) mass is 260 g/mol. The van der Waals surface area contributed by atoms with Gasteiger partial charge in [0.05, 0.1) is 6.10 Å². The van der Waals surface area contributed by atoms with E-state index < -0.39 is 0 Å². The molecule has 2 aliphatic heterocycles. The van der Waals surface area contributed by atoms with Crippen LogP contribution in [0.3, 0.4) is 0 Å². The van der Waals surface area contributed by atoms with E-state index in [-0.39, 0.29) is 17.9 Å². The maximum absolute atomic E-state index is 12.3. The summed E-state index contributed by atoms with van der Waals surface area (Å²) in [5, 5.41) is 13.0. The molecule has 1 aromatic rings. The molecule has 0 saturated carbocycles. The summed E-state index contributed by atoms with van der Waals surface area (Å²) in [6, 6.07) is 8.19. The molecular weight excluding hydrogens is 240 g/mol. The number of rotatable bonds is 2. The SMILES string of the molecule is O=C(CC1CNc2ccccc21)N1CCCC(O)C1. The first-order chi connectivity index (χ1) is 9.24. The summed E-state index contributed by atoms with van der Waals surface area (Å²) < 4.78 is 0. The van der Waals surface area contributed by atoms with E-state index in [1.54, 1.807) is 0 Å². The third-order valence-electron chi connectivity index (χ3n) is 4.11. The zero-order valence-corrected chi connectivity index (χ0v) is 11.0. The summed E-state index contributed by atoms with van der Waals surface area (Å²) in [6.45, 7) is 2.12. The molecule has 2 heterocycles. The molecule has 1 aromatic carbocycles. The van der Waals surface area contributed by atoms with Gasteiger partial charge in [0.1, 0.15) is 0 Å². The highest BCUT2D eigenvalue weighted by Crippen LogP contribution is 2.33. The van der Waals surface area contributed by atoms with Crippen molar-refractivity contribution < 1.29 is 9.90 Å². The number of aliphatic hydroxyl groups is 1. The van der Waals surface area contributed by atoms with E-state index >= 15 is 0 Å². The molecule has 0 spiro atoms. The molecule has 4 nitrogen and oxygen atoms in total. The van der Waals surface area contributed by atoms with Crippen molar-refractivity contribution in [3.8, 4) is 0 Å². The van der Waals surface area contributed by atoms with Gasteiger partial charge in [-0.3, -0.25) is 4.79 Å². The molecule has 0 aromatic heterocycles. The zero-order chi connectivity index (χ0) is 13.2. The fourth-order valence-electron chi connectivity index (χ4n) is 3.06. The average Bonchev–Trinajstić information content (AvgIpc) is 2.82. The maximum Gasteiger partial charge on any atom is 0.223 e. The number of carbonyl (C=O) groups excluding carboxylic acids is 1. The van der Waals surface area contributed by atoms with Crippen LogP contribution in [0.15, 0.2) is 24.3 Å². The second kappa shape index (κ2) is 5.21. The van der Waals surface area contributed by atoms with Crippen LogP contribution in [0.1, 0.15) is 30.7 Å². The number of amides is 1. The van der Waals surface area contributed by atoms with Crippen molar-refractivity contribution in [1.82, 2.24) is 4.90 Å². The second-order valence-electron chi connectivity index (χ2n) is 5.51. The summed E-state index contributed by atoms with van der Waals surface area (Å²) >= 11 is 0. The van der Waals surface area contributed by atoms with E-state index in [1.165, 1.54) is 5.56 Å². The minimum absolute atomic E-state index is 0.169. The number of nitrogens with zero attached hydrogens (tertiary/aromatic N) is 1. The van der Waals surface area contributed by atoms with Gasteiger partial charge in [0, 0.05) is 37.7 Å². The number of hydrogen-bond acceptors (Lipinski definition) is 3. The van der Waals surface area contributed by atoms with Crippen LogP contribution in [-0.4, -0.2) is 41.7 Å². The molecule has 0 radical (unpaired) electrons. The quantitative estimate of drug-likeness (QED) is 0.848. The van der Waals surface area contributed by atoms with Gasteiger partial charge in [0.2, 0.25) is 5.91 Å². The lowest BCUT2D eigenvalue weighted by Gasteiger charge is -2.30. The highest BCUT2D eigenvalue weighted by Gasteiger charge is 2.28. The predicted molar refractivity (Wildman–Crippen MR) is 74.1 cm³/mol. The van der Waals surface area contributed by atoms with E-state index in [9.17, 15) is 9.90 Å². The van der Waals surface area contributed by atoms with Crippen molar-refractivity contribution in [2.24, 2.45) is 0 Å². The number of para-hydroxylation sites is 1. The van der Waals surface area contributed by atoms with Crippen molar-refractivity contribution in [3.63, 3.8) is 0 Å². The van der Waals surface area contributed by atoms with Gasteiger partial charge in [-0.1, -0.05) is 18.2 Å². The summed E-state index contributed by atoms with van der Waals surface area (Å²) in [4.78, 5) is 14.1. The van der Waals surface area contributed by atoms with Crippen LogP contribution in [0.2, 0.25) is 0 Å². The second-order valence-corrected chi connectivity index (χ2v) is 5.51. The number of aliphatic hydroxyl groups excluding tert-OH is 1. The van der Waals surface area contributed by atoms with Crippen LogP contribution in [0, 0.1) is 0 Å². The Morgan fingerprint density at radius 2 is 2.26 bits per heavy atom. The van der Waals surface area contributed by atoms with Gasteiger partial charge in [-0.2, -0.15) is 0 Å². The van der Waals surface area contributed by atoms with E-state index in [4.69, 9.17) is 0 Å². The van der Waals surface area contributed by atoms with Crippen molar-refractivity contribution >= 4 is 11.6 Å². The highest BCUT2D eigenvalue weighted by atomic mass is 16.3. The van der Waals surface area contributed by atoms with Gasteiger partial charge in [-0.05, 0) is 24.5 Å². The molecule has 2 aliphatic rings. The number of hydrogen-bond donors (Lipinski definition) is 2. The summed E-state index contributed by atoms with van der Waals surface area (Å²) in [6.07, 6.45) is 1.92.